The molecular formula is C13H18F2N2O. The molecule has 5 heteroatoms. The molecule has 0 radical (unpaired) electrons. The molecule has 0 aromatic heterocycles. The number of ether oxygens (including phenoxy) is 1. The van der Waals surface area contributed by atoms with Gasteiger partial charge < -0.3 is 4.74 Å². The summed E-state index contributed by atoms with van der Waals surface area (Å²) in [6.07, 6.45) is 1.55. The molecule has 3 unspecified atom stereocenters. The van der Waals surface area contributed by atoms with E-state index >= 15 is 0 Å². The number of hydrazine groups is 1. The van der Waals surface area contributed by atoms with Gasteiger partial charge in [0.25, 0.3) is 0 Å². The van der Waals surface area contributed by atoms with Crippen molar-refractivity contribution >= 4 is 0 Å². The van der Waals surface area contributed by atoms with Gasteiger partial charge in [0, 0.05) is 18.1 Å². The van der Waals surface area contributed by atoms with Crippen LogP contribution >= 0.6 is 0 Å². The fraction of sp³-hybridized carbons (Fsp3) is 0.538. The van der Waals surface area contributed by atoms with E-state index < -0.39 is 17.7 Å². The van der Waals surface area contributed by atoms with Crippen LogP contribution in [0.2, 0.25) is 0 Å². The van der Waals surface area contributed by atoms with Gasteiger partial charge in [0.05, 0.1) is 12.1 Å². The van der Waals surface area contributed by atoms with Crippen LogP contribution in [0.3, 0.4) is 0 Å². The number of halogens is 2. The lowest BCUT2D eigenvalue weighted by atomic mass is 9.86. The van der Waals surface area contributed by atoms with Crippen molar-refractivity contribution in [2.24, 2.45) is 11.8 Å². The van der Waals surface area contributed by atoms with Crippen molar-refractivity contribution in [3.05, 3.63) is 35.4 Å². The number of benzene rings is 1. The van der Waals surface area contributed by atoms with Crippen LogP contribution in [0.4, 0.5) is 8.78 Å². The Bertz CT molecular complexity index is 394. The molecule has 1 fully saturated rings. The molecule has 1 aromatic rings. The van der Waals surface area contributed by atoms with Crippen LogP contribution in [0.1, 0.15) is 31.4 Å². The molecule has 0 spiro atoms. The van der Waals surface area contributed by atoms with Gasteiger partial charge in [-0.05, 0) is 25.0 Å². The summed E-state index contributed by atoms with van der Waals surface area (Å²) in [5, 5.41) is 0. The van der Waals surface area contributed by atoms with Crippen LogP contribution in [0, 0.1) is 17.6 Å². The smallest absolute Gasteiger partial charge is 0.130 e. The highest BCUT2D eigenvalue weighted by atomic mass is 19.1. The minimum Gasteiger partial charge on any atom is -0.378 e. The number of nitrogens with one attached hydrogen (secondary N) is 1. The van der Waals surface area contributed by atoms with E-state index in [0.29, 0.717) is 6.61 Å². The fourth-order valence-corrected chi connectivity index (χ4v) is 2.70. The van der Waals surface area contributed by atoms with Gasteiger partial charge in [-0.1, -0.05) is 13.0 Å². The third-order valence-electron chi connectivity index (χ3n) is 3.58. The Morgan fingerprint density at radius 2 is 2.11 bits per heavy atom. The summed E-state index contributed by atoms with van der Waals surface area (Å²) in [6.45, 7) is 2.60. The first kappa shape index (κ1) is 13.4. The lowest BCUT2D eigenvalue weighted by molar-refractivity contribution is 0.0765. The standard InChI is InChI=1S/C13H18F2N2O/c1-2-11-8(6-7-18-11)13(17-16)12-9(14)4-3-5-10(12)15/h3-5,8,11,13,17H,2,6-7,16H2,1H3. The van der Waals surface area contributed by atoms with E-state index in [4.69, 9.17) is 10.6 Å². The quantitative estimate of drug-likeness (QED) is 0.642. The summed E-state index contributed by atoms with van der Waals surface area (Å²) in [6, 6.07) is 3.29. The summed E-state index contributed by atoms with van der Waals surface area (Å²) in [4.78, 5) is 0. The van der Waals surface area contributed by atoms with Crippen molar-refractivity contribution in [1.82, 2.24) is 5.43 Å². The highest BCUT2D eigenvalue weighted by molar-refractivity contribution is 5.24. The predicted octanol–water partition coefficient (Wildman–Crippen LogP) is 2.28. The zero-order valence-electron chi connectivity index (χ0n) is 10.3. The molecule has 3 N–H and O–H groups in total. The summed E-state index contributed by atoms with van der Waals surface area (Å²) >= 11 is 0. The second-order valence-corrected chi connectivity index (χ2v) is 4.55. The highest BCUT2D eigenvalue weighted by Gasteiger charge is 2.36. The summed E-state index contributed by atoms with van der Waals surface area (Å²) in [7, 11) is 0. The molecule has 0 bridgehead atoms. The van der Waals surface area contributed by atoms with Crippen molar-refractivity contribution in [3.8, 4) is 0 Å². The van der Waals surface area contributed by atoms with Crippen LogP contribution in [-0.2, 0) is 4.74 Å². The molecule has 3 nitrogen and oxygen atoms in total. The Morgan fingerprint density at radius 3 is 2.67 bits per heavy atom. The molecule has 18 heavy (non-hydrogen) atoms. The molecule has 0 aliphatic carbocycles. The van der Waals surface area contributed by atoms with Crippen LogP contribution in [0.15, 0.2) is 18.2 Å². The minimum absolute atomic E-state index is 0.00796. The average molecular weight is 256 g/mol. The first-order chi connectivity index (χ1) is 8.69. The molecule has 1 saturated heterocycles. The third kappa shape index (κ3) is 2.39. The van der Waals surface area contributed by atoms with Crippen LogP contribution in [0.25, 0.3) is 0 Å². The van der Waals surface area contributed by atoms with Gasteiger partial charge in [-0.3, -0.25) is 11.3 Å². The predicted molar refractivity (Wildman–Crippen MR) is 64.6 cm³/mol. The minimum atomic E-state index is -0.570. The van der Waals surface area contributed by atoms with Crippen molar-refractivity contribution in [3.63, 3.8) is 0 Å². The van der Waals surface area contributed by atoms with Gasteiger partial charge in [-0.2, -0.15) is 0 Å². The average Bonchev–Trinajstić information content (AvgIpc) is 2.82. The third-order valence-corrected chi connectivity index (χ3v) is 3.58. The zero-order chi connectivity index (χ0) is 13.1. The number of rotatable bonds is 4. The molecule has 1 aliphatic rings. The van der Waals surface area contributed by atoms with Crippen molar-refractivity contribution < 1.29 is 13.5 Å². The van der Waals surface area contributed by atoms with E-state index in [2.05, 4.69) is 5.43 Å². The molecule has 3 atom stereocenters. The first-order valence-electron chi connectivity index (χ1n) is 6.20. The normalized spacial score (nSPS) is 25.3. The summed E-state index contributed by atoms with van der Waals surface area (Å²) in [5.74, 6) is 4.35. The van der Waals surface area contributed by atoms with Crippen molar-refractivity contribution in [2.75, 3.05) is 6.61 Å². The molecule has 1 aliphatic heterocycles. The lowest BCUT2D eigenvalue weighted by Gasteiger charge is -2.27. The largest absolute Gasteiger partial charge is 0.378 e. The summed E-state index contributed by atoms with van der Waals surface area (Å²) in [5.41, 5.74) is 2.55. The van der Waals surface area contributed by atoms with Crippen LogP contribution in [-0.4, -0.2) is 12.7 Å². The Hall–Kier alpha value is -1.04. The Morgan fingerprint density at radius 1 is 1.44 bits per heavy atom. The van der Waals surface area contributed by atoms with Gasteiger partial charge in [-0.15, -0.1) is 0 Å². The topological polar surface area (TPSA) is 47.3 Å². The van der Waals surface area contributed by atoms with Gasteiger partial charge >= 0.3 is 0 Å². The Labute approximate surface area is 105 Å². The molecule has 100 valence electrons. The van der Waals surface area contributed by atoms with Gasteiger partial charge in [0.15, 0.2) is 0 Å². The molecule has 0 amide bonds. The second kappa shape index (κ2) is 5.73. The molecule has 1 heterocycles. The van der Waals surface area contributed by atoms with E-state index in [0.717, 1.165) is 12.8 Å². The number of hydrogen-bond acceptors (Lipinski definition) is 3. The van der Waals surface area contributed by atoms with Crippen molar-refractivity contribution in [2.45, 2.75) is 31.9 Å². The second-order valence-electron chi connectivity index (χ2n) is 4.55. The highest BCUT2D eigenvalue weighted by Crippen LogP contribution is 2.36. The molecular weight excluding hydrogens is 238 g/mol. The fourth-order valence-electron chi connectivity index (χ4n) is 2.70. The van der Waals surface area contributed by atoms with Crippen molar-refractivity contribution in [1.29, 1.82) is 0 Å². The van der Waals surface area contributed by atoms with Gasteiger partial charge in [-0.25, -0.2) is 8.78 Å². The monoisotopic (exact) mass is 256 g/mol. The number of nitrogens with two attached hydrogens (primary N) is 1. The van der Waals surface area contributed by atoms with E-state index in [1.807, 2.05) is 6.92 Å². The summed E-state index contributed by atoms with van der Waals surface area (Å²) < 4.78 is 33.1. The number of hydrogen-bond donors (Lipinski definition) is 2. The van der Waals surface area contributed by atoms with Gasteiger partial charge in [0.1, 0.15) is 11.6 Å². The SMILES string of the molecule is CCC1OCCC1C(NN)c1c(F)cccc1F. The maximum atomic E-state index is 13.8. The van der Waals surface area contributed by atoms with Gasteiger partial charge in [0.2, 0.25) is 0 Å². The Balaban J connectivity index is 2.33. The van der Waals surface area contributed by atoms with E-state index in [1.54, 1.807) is 0 Å². The molecule has 2 rings (SSSR count). The molecule has 0 saturated carbocycles. The van der Waals surface area contributed by atoms with E-state index in [9.17, 15) is 8.78 Å². The van der Waals surface area contributed by atoms with E-state index in [1.165, 1.54) is 18.2 Å². The maximum absolute atomic E-state index is 13.8. The lowest BCUT2D eigenvalue weighted by Crippen LogP contribution is -2.38. The van der Waals surface area contributed by atoms with E-state index in [-0.39, 0.29) is 17.6 Å². The zero-order valence-corrected chi connectivity index (χ0v) is 10.3. The van der Waals surface area contributed by atoms with Crippen LogP contribution < -0.4 is 11.3 Å². The first-order valence-corrected chi connectivity index (χ1v) is 6.20. The van der Waals surface area contributed by atoms with Crippen LogP contribution in [0.5, 0.6) is 0 Å². The molecule has 1 aromatic carbocycles. The Kier molecular flexibility index (Phi) is 4.27. The maximum Gasteiger partial charge on any atom is 0.130 e.